The normalized spacial score (nSPS) is 11.7. The first-order valence-corrected chi connectivity index (χ1v) is 8.57. The Kier molecular flexibility index (Phi) is 5.33. The number of benzene rings is 2. The molecule has 0 amide bonds. The Labute approximate surface area is 148 Å². The number of fused-ring (bicyclic) bond motifs is 1. The highest BCUT2D eigenvalue weighted by atomic mass is 15.3. The largest absolute Gasteiger partial charge is 0.356 e. The highest BCUT2D eigenvalue weighted by Gasteiger charge is 2.08. The SMILES string of the molecule is CN=C(NCCc1nc2ccccc2[nH]1)N(C)Cc1ccccc1C. The maximum Gasteiger partial charge on any atom is 0.193 e. The molecule has 130 valence electrons. The third-order valence-corrected chi connectivity index (χ3v) is 4.33. The van der Waals surface area contributed by atoms with E-state index in [4.69, 9.17) is 0 Å². The van der Waals surface area contributed by atoms with Crippen LogP contribution in [0.4, 0.5) is 0 Å². The fraction of sp³-hybridized carbons (Fsp3) is 0.300. The molecule has 3 rings (SSSR count). The number of hydrogen-bond acceptors (Lipinski definition) is 2. The van der Waals surface area contributed by atoms with Crippen LogP contribution in [-0.2, 0) is 13.0 Å². The van der Waals surface area contributed by atoms with Gasteiger partial charge < -0.3 is 15.2 Å². The molecule has 0 fully saturated rings. The quantitative estimate of drug-likeness (QED) is 0.556. The van der Waals surface area contributed by atoms with Gasteiger partial charge in [0.05, 0.1) is 11.0 Å². The molecule has 0 radical (unpaired) electrons. The van der Waals surface area contributed by atoms with E-state index in [1.807, 2.05) is 31.3 Å². The van der Waals surface area contributed by atoms with Gasteiger partial charge in [-0.15, -0.1) is 0 Å². The van der Waals surface area contributed by atoms with Crippen LogP contribution < -0.4 is 5.32 Å². The van der Waals surface area contributed by atoms with E-state index in [1.165, 1.54) is 11.1 Å². The minimum atomic E-state index is 0.782. The van der Waals surface area contributed by atoms with Crippen molar-refractivity contribution in [2.75, 3.05) is 20.6 Å². The summed E-state index contributed by atoms with van der Waals surface area (Å²) in [6.45, 7) is 3.75. The second-order valence-electron chi connectivity index (χ2n) is 6.21. The molecule has 1 aromatic heterocycles. The average Bonchev–Trinajstić information content (AvgIpc) is 3.03. The van der Waals surface area contributed by atoms with Gasteiger partial charge in [0.1, 0.15) is 5.82 Å². The van der Waals surface area contributed by atoms with Crippen molar-refractivity contribution in [3.63, 3.8) is 0 Å². The standard InChI is InChI=1S/C20H25N5/c1-15-8-4-5-9-16(15)14-25(3)20(21-2)22-13-12-19-23-17-10-6-7-11-18(17)24-19/h4-11H,12-14H2,1-3H3,(H,21,22)(H,23,24). The third kappa shape index (κ3) is 4.18. The number of aromatic amines is 1. The molecular formula is C20H25N5. The van der Waals surface area contributed by atoms with Crippen LogP contribution in [0.5, 0.6) is 0 Å². The predicted octanol–water partition coefficient (Wildman–Crippen LogP) is 3.12. The number of aryl methyl sites for hydroxylation is 1. The van der Waals surface area contributed by atoms with E-state index in [2.05, 4.69) is 63.4 Å². The summed E-state index contributed by atoms with van der Waals surface area (Å²) in [4.78, 5) is 14.5. The fourth-order valence-electron chi connectivity index (χ4n) is 2.92. The molecule has 3 aromatic rings. The maximum absolute atomic E-state index is 4.61. The smallest absolute Gasteiger partial charge is 0.193 e. The zero-order valence-electron chi connectivity index (χ0n) is 15.1. The van der Waals surface area contributed by atoms with Crippen molar-refractivity contribution in [2.45, 2.75) is 19.9 Å². The van der Waals surface area contributed by atoms with Crippen molar-refractivity contribution in [1.29, 1.82) is 0 Å². The molecule has 0 atom stereocenters. The van der Waals surface area contributed by atoms with E-state index in [0.29, 0.717) is 0 Å². The Morgan fingerprint density at radius 3 is 2.68 bits per heavy atom. The molecular weight excluding hydrogens is 310 g/mol. The molecule has 0 aliphatic carbocycles. The zero-order chi connectivity index (χ0) is 17.6. The van der Waals surface area contributed by atoms with Crippen molar-refractivity contribution in [3.8, 4) is 0 Å². The van der Waals surface area contributed by atoms with Crippen LogP contribution in [0.2, 0.25) is 0 Å². The van der Waals surface area contributed by atoms with Crippen molar-refractivity contribution in [3.05, 3.63) is 65.5 Å². The molecule has 5 heteroatoms. The molecule has 0 spiro atoms. The van der Waals surface area contributed by atoms with Crippen LogP contribution >= 0.6 is 0 Å². The Morgan fingerprint density at radius 2 is 1.92 bits per heavy atom. The van der Waals surface area contributed by atoms with Crippen molar-refractivity contribution in [1.82, 2.24) is 20.2 Å². The highest BCUT2D eigenvalue weighted by Crippen LogP contribution is 2.11. The molecule has 0 bridgehead atoms. The third-order valence-electron chi connectivity index (χ3n) is 4.33. The molecule has 2 aromatic carbocycles. The van der Waals surface area contributed by atoms with Crippen molar-refractivity contribution < 1.29 is 0 Å². The number of aromatic nitrogens is 2. The summed E-state index contributed by atoms with van der Waals surface area (Å²) >= 11 is 0. The number of nitrogens with one attached hydrogen (secondary N) is 2. The van der Waals surface area contributed by atoms with E-state index in [9.17, 15) is 0 Å². The molecule has 25 heavy (non-hydrogen) atoms. The van der Waals surface area contributed by atoms with E-state index < -0.39 is 0 Å². The molecule has 1 heterocycles. The monoisotopic (exact) mass is 335 g/mol. The molecule has 0 unspecified atom stereocenters. The van der Waals surface area contributed by atoms with Gasteiger partial charge in [0.15, 0.2) is 5.96 Å². The Bertz CT molecular complexity index is 832. The molecule has 0 aliphatic rings. The van der Waals surface area contributed by atoms with Crippen LogP contribution in [0.15, 0.2) is 53.5 Å². The van der Waals surface area contributed by atoms with E-state index >= 15 is 0 Å². The Balaban J connectivity index is 1.56. The molecule has 5 nitrogen and oxygen atoms in total. The van der Waals surface area contributed by atoms with Crippen LogP contribution in [0.25, 0.3) is 11.0 Å². The van der Waals surface area contributed by atoms with Crippen molar-refractivity contribution in [2.24, 2.45) is 4.99 Å². The van der Waals surface area contributed by atoms with Gasteiger partial charge in [-0.2, -0.15) is 0 Å². The van der Waals surface area contributed by atoms with Crippen molar-refractivity contribution >= 4 is 17.0 Å². The van der Waals surface area contributed by atoms with E-state index in [1.54, 1.807) is 0 Å². The lowest BCUT2D eigenvalue weighted by molar-refractivity contribution is 0.475. The lowest BCUT2D eigenvalue weighted by Crippen LogP contribution is -2.39. The van der Waals surface area contributed by atoms with Gasteiger partial charge in [-0.25, -0.2) is 4.98 Å². The van der Waals surface area contributed by atoms with Gasteiger partial charge >= 0.3 is 0 Å². The van der Waals surface area contributed by atoms with Crippen LogP contribution in [0.3, 0.4) is 0 Å². The first-order valence-electron chi connectivity index (χ1n) is 8.57. The molecule has 0 saturated heterocycles. The van der Waals surface area contributed by atoms with Gasteiger partial charge in [0, 0.05) is 33.6 Å². The van der Waals surface area contributed by atoms with Gasteiger partial charge in [-0.05, 0) is 30.2 Å². The average molecular weight is 335 g/mol. The van der Waals surface area contributed by atoms with Crippen LogP contribution in [0.1, 0.15) is 17.0 Å². The van der Waals surface area contributed by atoms with Gasteiger partial charge in [0.25, 0.3) is 0 Å². The maximum atomic E-state index is 4.61. The summed E-state index contributed by atoms with van der Waals surface area (Å²) in [6.07, 6.45) is 0.825. The summed E-state index contributed by atoms with van der Waals surface area (Å²) in [5.41, 5.74) is 4.70. The first kappa shape index (κ1) is 17.0. The first-order chi connectivity index (χ1) is 12.2. The second kappa shape index (κ2) is 7.83. The van der Waals surface area contributed by atoms with Gasteiger partial charge in [0.2, 0.25) is 0 Å². The summed E-state index contributed by atoms with van der Waals surface area (Å²) < 4.78 is 0. The second-order valence-corrected chi connectivity index (χ2v) is 6.21. The van der Waals surface area contributed by atoms with Crippen LogP contribution in [0, 0.1) is 6.92 Å². The Hall–Kier alpha value is -2.82. The minimum absolute atomic E-state index is 0.782. The number of guanidine groups is 1. The number of hydrogen-bond donors (Lipinski definition) is 2. The van der Waals surface area contributed by atoms with E-state index in [-0.39, 0.29) is 0 Å². The number of imidazole rings is 1. The predicted molar refractivity (Wildman–Crippen MR) is 104 cm³/mol. The topological polar surface area (TPSA) is 56.3 Å². The lowest BCUT2D eigenvalue weighted by atomic mass is 10.1. The number of rotatable bonds is 5. The number of H-pyrrole nitrogens is 1. The molecule has 0 aliphatic heterocycles. The summed E-state index contributed by atoms with van der Waals surface area (Å²) in [5, 5.41) is 3.42. The zero-order valence-corrected chi connectivity index (χ0v) is 15.1. The molecule has 0 saturated carbocycles. The van der Waals surface area contributed by atoms with Gasteiger partial charge in [-0.3, -0.25) is 4.99 Å². The number of aliphatic imine (C=N–C) groups is 1. The minimum Gasteiger partial charge on any atom is -0.356 e. The Morgan fingerprint density at radius 1 is 1.16 bits per heavy atom. The molecule has 2 N–H and O–H groups in total. The van der Waals surface area contributed by atoms with Crippen LogP contribution in [-0.4, -0.2) is 41.5 Å². The summed E-state index contributed by atoms with van der Waals surface area (Å²) in [6, 6.07) is 16.5. The van der Waals surface area contributed by atoms with Gasteiger partial charge in [-0.1, -0.05) is 36.4 Å². The number of para-hydroxylation sites is 2. The lowest BCUT2D eigenvalue weighted by Gasteiger charge is -2.22. The fourth-order valence-corrected chi connectivity index (χ4v) is 2.92. The summed E-state index contributed by atoms with van der Waals surface area (Å²) in [7, 11) is 3.88. The number of nitrogens with zero attached hydrogens (tertiary/aromatic N) is 3. The van der Waals surface area contributed by atoms with E-state index in [0.717, 1.165) is 42.3 Å². The highest BCUT2D eigenvalue weighted by molar-refractivity contribution is 5.79. The summed E-state index contributed by atoms with van der Waals surface area (Å²) in [5.74, 6) is 1.88.